The van der Waals surface area contributed by atoms with Gasteiger partial charge in [0.2, 0.25) is 5.91 Å². The number of aromatic nitrogens is 1. The summed E-state index contributed by atoms with van der Waals surface area (Å²) in [5.74, 6) is -0.323. The van der Waals surface area contributed by atoms with E-state index in [1.165, 1.54) is 28.0 Å². The third-order valence-electron chi connectivity index (χ3n) is 5.24. The van der Waals surface area contributed by atoms with Gasteiger partial charge in [0.15, 0.2) is 5.13 Å². The molecule has 146 valence electrons. The van der Waals surface area contributed by atoms with Gasteiger partial charge in [0.25, 0.3) is 0 Å². The van der Waals surface area contributed by atoms with Crippen LogP contribution in [0, 0.1) is 25.6 Å². The van der Waals surface area contributed by atoms with Gasteiger partial charge in [-0.1, -0.05) is 29.5 Å². The minimum absolute atomic E-state index is 0.0297. The number of aryl methyl sites for hydroxylation is 2. The van der Waals surface area contributed by atoms with Crippen molar-refractivity contribution in [2.75, 3.05) is 18.0 Å². The van der Waals surface area contributed by atoms with E-state index in [0.717, 1.165) is 35.6 Å². The molecule has 1 atom stereocenters. The van der Waals surface area contributed by atoms with Gasteiger partial charge in [0, 0.05) is 19.6 Å². The molecule has 28 heavy (non-hydrogen) atoms. The number of benzene rings is 2. The number of piperidine rings is 1. The zero-order valence-electron chi connectivity index (χ0n) is 16.2. The van der Waals surface area contributed by atoms with Crippen LogP contribution in [0.5, 0.6) is 0 Å². The maximum atomic E-state index is 13.3. The molecule has 2 aromatic carbocycles. The number of rotatable bonds is 4. The van der Waals surface area contributed by atoms with Crippen molar-refractivity contribution in [1.29, 1.82) is 0 Å². The van der Waals surface area contributed by atoms with Crippen molar-refractivity contribution in [2.24, 2.45) is 5.92 Å². The third-order valence-corrected chi connectivity index (χ3v) is 6.30. The molecule has 0 radical (unpaired) electrons. The molecule has 0 aliphatic carbocycles. The standard InChI is InChI=1S/C22H24FN3OS/c1-14-9-15(2)20-19(10-14)28-22(25-20)26-8-4-6-17(13-26)21(27)24-12-16-5-3-7-18(23)11-16/h3,5,7,9-11,17H,4,6,8,12-13H2,1-2H3,(H,24,27)/t17-/m0/s1. The van der Waals surface area contributed by atoms with Gasteiger partial charge in [-0.25, -0.2) is 9.37 Å². The monoisotopic (exact) mass is 397 g/mol. The highest BCUT2D eigenvalue weighted by atomic mass is 32.1. The lowest BCUT2D eigenvalue weighted by atomic mass is 9.97. The van der Waals surface area contributed by atoms with Gasteiger partial charge in [0.1, 0.15) is 5.82 Å². The van der Waals surface area contributed by atoms with Crippen molar-refractivity contribution in [3.63, 3.8) is 0 Å². The number of nitrogens with one attached hydrogen (secondary N) is 1. The highest BCUT2D eigenvalue weighted by Gasteiger charge is 2.27. The highest BCUT2D eigenvalue weighted by molar-refractivity contribution is 7.22. The maximum absolute atomic E-state index is 13.3. The van der Waals surface area contributed by atoms with E-state index >= 15 is 0 Å². The molecule has 1 saturated heterocycles. The minimum atomic E-state index is -0.281. The topological polar surface area (TPSA) is 45.2 Å². The first kappa shape index (κ1) is 18.9. The van der Waals surface area contributed by atoms with Gasteiger partial charge in [-0.2, -0.15) is 0 Å². The van der Waals surface area contributed by atoms with Crippen LogP contribution in [0.25, 0.3) is 10.2 Å². The summed E-state index contributed by atoms with van der Waals surface area (Å²) in [5.41, 5.74) is 4.27. The number of hydrogen-bond donors (Lipinski definition) is 1. The Kier molecular flexibility index (Phi) is 5.31. The number of nitrogens with zero attached hydrogens (tertiary/aromatic N) is 2. The van der Waals surface area contributed by atoms with Crippen molar-refractivity contribution >= 4 is 32.6 Å². The number of halogens is 1. The fraction of sp³-hybridized carbons (Fsp3) is 0.364. The molecule has 3 aromatic rings. The van der Waals surface area contributed by atoms with E-state index in [1.54, 1.807) is 17.4 Å². The maximum Gasteiger partial charge on any atom is 0.225 e. The Morgan fingerprint density at radius 2 is 2.18 bits per heavy atom. The number of amides is 1. The molecule has 1 aromatic heterocycles. The van der Waals surface area contributed by atoms with E-state index in [2.05, 4.69) is 36.2 Å². The van der Waals surface area contributed by atoms with E-state index in [4.69, 9.17) is 4.98 Å². The Bertz CT molecular complexity index is 1020. The zero-order valence-corrected chi connectivity index (χ0v) is 17.0. The largest absolute Gasteiger partial charge is 0.352 e. The molecule has 2 heterocycles. The van der Waals surface area contributed by atoms with Crippen molar-refractivity contribution in [3.05, 3.63) is 58.9 Å². The van der Waals surface area contributed by atoms with Crippen molar-refractivity contribution in [3.8, 4) is 0 Å². The van der Waals surface area contributed by atoms with Crippen LogP contribution in [0.1, 0.15) is 29.5 Å². The molecule has 1 aliphatic rings. The number of hydrogen-bond acceptors (Lipinski definition) is 4. The zero-order chi connectivity index (χ0) is 19.7. The average molecular weight is 398 g/mol. The fourth-order valence-electron chi connectivity index (χ4n) is 3.84. The van der Waals surface area contributed by atoms with Crippen molar-refractivity contribution in [2.45, 2.75) is 33.2 Å². The Morgan fingerprint density at radius 1 is 1.32 bits per heavy atom. The minimum Gasteiger partial charge on any atom is -0.352 e. The van der Waals surface area contributed by atoms with Crippen molar-refractivity contribution < 1.29 is 9.18 Å². The number of fused-ring (bicyclic) bond motifs is 1. The van der Waals surface area contributed by atoms with Crippen LogP contribution in [-0.2, 0) is 11.3 Å². The van der Waals surface area contributed by atoms with Gasteiger partial charge in [-0.3, -0.25) is 4.79 Å². The molecular formula is C22H24FN3OS. The molecule has 1 aliphatic heterocycles. The smallest absolute Gasteiger partial charge is 0.225 e. The Morgan fingerprint density at radius 3 is 3.00 bits per heavy atom. The second-order valence-electron chi connectivity index (χ2n) is 7.56. The summed E-state index contributed by atoms with van der Waals surface area (Å²) in [6.07, 6.45) is 1.83. The van der Waals surface area contributed by atoms with E-state index < -0.39 is 0 Å². The van der Waals surface area contributed by atoms with E-state index in [-0.39, 0.29) is 17.6 Å². The van der Waals surface area contributed by atoms with Gasteiger partial charge < -0.3 is 10.2 Å². The molecule has 0 saturated carbocycles. The summed E-state index contributed by atoms with van der Waals surface area (Å²) in [6, 6.07) is 10.7. The summed E-state index contributed by atoms with van der Waals surface area (Å²) in [4.78, 5) is 19.7. The van der Waals surface area contributed by atoms with Crippen LogP contribution < -0.4 is 10.2 Å². The second kappa shape index (κ2) is 7.87. The quantitative estimate of drug-likeness (QED) is 0.701. The normalized spacial score (nSPS) is 17.1. The van der Waals surface area contributed by atoms with E-state index in [1.807, 2.05) is 6.07 Å². The van der Waals surface area contributed by atoms with Crippen molar-refractivity contribution in [1.82, 2.24) is 10.3 Å². The van der Waals surface area contributed by atoms with Crippen LogP contribution in [0.4, 0.5) is 9.52 Å². The number of anilines is 1. The first-order valence-electron chi connectivity index (χ1n) is 9.64. The SMILES string of the molecule is Cc1cc(C)c2nc(N3CCC[C@H](C(=O)NCc4cccc(F)c4)C3)sc2c1. The molecule has 1 amide bonds. The average Bonchev–Trinajstić information content (AvgIpc) is 3.11. The molecular weight excluding hydrogens is 373 g/mol. The highest BCUT2D eigenvalue weighted by Crippen LogP contribution is 2.33. The lowest BCUT2D eigenvalue weighted by Gasteiger charge is -2.31. The van der Waals surface area contributed by atoms with Crippen LogP contribution in [0.15, 0.2) is 36.4 Å². The van der Waals surface area contributed by atoms with Gasteiger partial charge in [-0.15, -0.1) is 0 Å². The van der Waals surface area contributed by atoms with E-state index in [9.17, 15) is 9.18 Å². The van der Waals surface area contributed by atoms with Crippen LogP contribution in [-0.4, -0.2) is 24.0 Å². The predicted octanol–water partition coefficient (Wildman–Crippen LogP) is 4.59. The lowest BCUT2D eigenvalue weighted by Crippen LogP contribution is -2.42. The first-order chi connectivity index (χ1) is 13.5. The van der Waals surface area contributed by atoms with Crippen LogP contribution >= 0.6 is 11.3 Å². The first-order valence-corrected chi connectivity index (χ1v) is 10.5. The lowest BCUT2D eigenvalue weighted by molar-refractivity contribution is -0.125. The van der Waals surface area contributed by atoms with E-state index in [0.29, 0.717) is 13.1 Å². The molecule has 1 N–H and O–H groups in total. The Balaban J connectivity index is 1.44. The van der Waals surface area contributed by atoms with Crippen LogP contribution in [0.3, 0.4) is 0 Å². The van der Waals surface area contributed by atoms with Gasteiger partial charge >= 0.3 is 0 Å². The summed E-state index contributed by atoms with van der Waals surface area (Å²) in [5, 5.41) is 3.95. The fourth-order valence-corrected chi connectivity index (χ4v) is 5.02. The Hall–Kier alpha value is -2.47. The molecule has 0 bridgehead atoms. The summed E-state index contributed by atoms with van der Waals surface area (Å²) < 4.78 is 14.5. The van der Waals surface area contributed by atoms with Gasteiger partial charge in [0.05, 0.1) is 16.1 Å². The third kappa shape index (κ3) is 4.02. The van der Waals surface area contributed by atoms with Crippen LogP contribution in [0.2, 0.25) is 0 Å². The molecule has 4 nitrogen and oxygen atoms in total. The summed E-state index contributed by atoms with van der Waals surface area (Å²) in [7, 11) is 0. The predicted molar refractivity (Wildman–Crippen MR) is 112 cm³/mol. The summed E-state index contributed by atoms with van der Waals surface area (Å²) >= 11 is 1.70. The second-order valence-corrected chi connectivity index (χ2v) is 8.57. The molecule has 6 heteroatoms. The molecule has 0 unspecified atom stereocenters. The number of thiazole rings is 1. The Labute approximate surface area is 168 Å². The number of carbonyl (C=O) groups is 1. The molecule has 1 fully saturated rings. The molecule has 4 rings (SSSR count). The summed E-state index contributed by atoms with van der Waals surface area (Å²) in [6.45, 7) is 6.15. The number of carbonyl (C=O) groups excluding carboxylic acids is 1. The van der Waals surface area contributed by atoms with Gasteiger partial charge in [-0.05, 0) is 61.6 Å². The molecule has 0 spiro atoms.